The van der Waals surface area contributed by atoms with Crippen LogP contribution in [-0.2, 0) is 9.59 Å². The highest BCUT2D eigenvalue weighted by molar-refractivity contribution is 6.31. The number of aromatic nitrogens is 2. The van der Waals surface area contributed by atoms with E-state index in [1.807, 2.05) is 12.1 Å². The zero-order valence-corrected chi connectivity index (χ0v) is 14.4. The molecule has 0 aliphatic carbocycles. The third-order valence-electron chi connectivity index (χ3n) is 3.46. The molecule has 0 fully saturated rings. The van der Waals surface area contributed by atoms with E-state index in [2.05, 4.69) is 15.6 Å². The molecule has 0 bridgehead atoms. The summed E-state index contributed by atoms with van der Waals surface area (Å²) in [6, 6.07) is 9.35. The maximum atomic E-state index is 13.6. The van der Waals surface area contributed by atoms with Gasteiger partial charge in [-0.1, -0.05) is 17.7 Å². The first-order valence-corrected chi connectivity index (χ1v) is 8.00. The number of carbonyl (C=O) groups excluding carboxylic acids is 2. The summed E-state index contributed by atoms with van der Waals surface area (Å²) in [5.41, 5.74) is 1.56. The maximum absolute atomic E-state index is 13.6. The largest absolute Gasteiger partial charge is 0.324 e. The number of carbonyl (C=O) groups is 2. The van der Waals surface area contributed by atoms with Gasteiger partial charge in [-0.05, 0) is 36.4 Å². The van der Waals surface area contributed by atoms with Gasteiger partial charge >= 0.3 is 0 Å². The Bertz CT molecular complexity index is 1030. The molecule has 2 aromatic heterocycles. The predicted octanol–water partition coefficient (Wildman–Crippen LogP) is 3.74. The molecule has 2 amide bonds. The van der Waals surface area contributed by atoms with Crippen molar-refractivity contribution in [1.82, 2.24) is 9.38 Å². The van der Waals surface area contributed by atoms with Crippen molar-refractivity contribution in [2.24, 2.45) is 0 Å². The zero-order chi connectivity index (χ0) is 18.7. The number of benzene rings is 1. The van der Waals surface area contributed by atoms with Crippen molar-refractivity contribution in [1.29, 1.82) is 0 Å². The lowest BCUT2D eigenvalue weighted by Crippen LogP contribution is -2.11. The van der Waals surface area contributed by atoms with Gasteiger partial charge in [-0.25, -0.2) is 9.37 Å². The van der Waals surface area contributed by atoms with E-state index in [1.54, 1.807) is 16.7 Å². The minimum absolute atomic E-state index is 0.0101. The molecule has 8 heteroatoms. The molecule has 0 atom stereocenters. The van der Waals surface area contributed by atoms with Crippen molar-refractivity contribution in [2.75, 3.05) is 10.6 Å². The molecular formula is C18H14ClFN4O2. The standard InChI is InChI=1S/C18H14ClFN4O2/c1-11(25)21-14-10-12(5-6-13(14)20)22-17(26)8-7-15-18(19)23-16-4-2-3-9-24(15)16/h2-10H,1H3,(H,21,25)(H,22,26)/b8-7+. The number of anilines is 2. The number of pyridine rings is 1. The summed E-state index contributed by atoms with van der Waals surface area (Å²) in [5.74, 6) is -1.44. The smallest absolute Gasteiger partial charge is 0.248 e. The number of hydrogen-bond acceptors (Lipinski definition) is 3. The summed E-state index contributed by atoms with van der Waals surface area (Å²) in [7, 11) is 0. The van der Waals surface area contributed by atoms with Crippen LogP contribution in [0, 0.1) is 5.82 Å². The number of hydrogen-bond donors (Lipinski definition) is 2. The predicted molar refractivity (Wildman–Crippen MR) is 98.6 cm³/mol. The van der Waals surface area contributed by atoms with Crippen molar-refractivity contribution in [3.63, 3.8) is 0 Å². The van der Waals surface area contributed by atoms with Crippen LogP contribution >= 0.6 is 11.6 Å². The van der Waals surface area contributed by atoms with Crippen molar-refractivity contribution >= 4 is 46.5 Å². The molecule has 0 saturated carbocycles. The van der Waals surface area contributed by atoms with Crippen LogP contribution in [0.3, 0.4) is 0 Å². The Hall–Kier alpha value is -3.19. The first-order valence-electron chi connectivity index (χ1n) is 7.63. The van der Waals surface area contributed by atoms with Gasteiger partial charge in [0.25, 0.3) is 0 Å². The number of imidazole rings is 1. The van der Waals surface area contributed by atoms with Crippen LogP contribution in [0.25, 0.3) is 11.7 Å². The molecule has 0 spiro atoms. The Labute approximate surface area is 153 Å². The van der Waals surface area contributed by atoms with Crippen LogP contribution in [0.5, 0.6) is 0 Å². The third-order valence-corrected chi connectivity index (χ3v) is 3.74. The molecule has 6 nitrogen and oxygen atoms in total. The van der Waals surface area contributed by atoms with Gasteiger partial charge in [0, 0.05) is 24.9 Å². The van der Waals surface area contributed by atoms with Crippen LogP contribution in [0.15, 0.2) is 48.7 Å². The summed E-state index contributed by atoms with van der Waals surface area (Å²) in [4.78, 5) is 27.4. The molecule has 2 heterocycles. The van der Waals surface area contributed by atoms with Gasteiger partial charge in [-0.3, -0.25) is 14.0 Å². The van der Waals surface area contributed by atoms with Crippen LogP contribution in [0.2, 0.25) is 5.15 Å². The first kappa shape index (κ1) is 17.6. The van der Waals surface area contributed by atoms with E-state index in [-0.39, 0.29) is 10.8 Å². The van der Waals surface area contributed by atoms with E-state index in [0.717, 1.165) is 6.07 Å². The van der Waals surface area contributed by atoms with Gasteiger partial charge in [-0.2, -0.15) is 0 Å². The minimum Gasteiger partial charge on any atom is -0.324 e. The number of nitrogens with zero attached hydrogens (tertiary/aromatic N) is 2. The Balaban J connectivity index is 1.77. The molecule has 132 valence electrons. The van der Waals surface area contributed by atoms with Crippen molar-refractivity contribution in [3.05, 3.63) is 65.3 Å². The second-order valence-electron chi connectivity index (χ2n) is 5.42. The average Bonchev–Trinajstić information content (AvgIpc) is 2.91. The molecule has 0 aliphatic rings. The Morgan fingerprint density at radius 2 is 2.04 bits per heavy atom. The summed E-state index contributed by atoms with van der Waals surface area (Å²) in [6.45, 7) is 1.27. The molecule has 0 radical (unpaired) electrons. The molecule has 3 rings (SSSR count). The van der Waals surface area contributed by atoms with E-state index in [9.17, 15) is 14.0 Å². The summed E-state index contributed by atoms with van der Waals surface area (Å²) < 4.78 is 15.4. The lowest BCUT2D eigenvalue weighted by Gasteiger charge is -2.07. The molecule has 3 aromatic rings. The van der Waals surface area contributed by atoms with Gasteiger partial charge in [0.15, 0.2) is 5.15 Å². The number of amides is 2. The van der Waals surface area contributed by atoms with Crippen LogP contribution in [-0.4, -0.2) is 21.2 Å². The quantitative estimate of drug-likeness (QED) is 0.685. The summed E-state index contributed by atoms with van der Waals surface area (Å²) >= 11 is 6.10. The van der Waals surface area contributed by atoms with Gasteiger partial charge in [0.05, 0.1) is 11.4 Å². The molecule has 0 unspecified atom stereocenters. The monoisotopic (exact) mass is 372 g/mol. The van der Waals surface area contributed by atoms with Crippen molar-refractivity contribution in [3.8, 4) is 0 Å². The molecule has 2 N–H and O–H groups in total. The van der Waals surface area contributed by atoms with E-state index in [4.69, 9.17) is 11.6 Å². The van der Waals surface area contributed by atoms with Crippen molar-refractivity contribution in [2.45, 2.75) is 6.92 Å². The highest BCUT2D eigenvalue weighted by atomic mass is 35.5. The third kappa shape index (κ3) is 3.89. The molecule has 0 aliphatic heterocycles. The van der Waals surface area contributed by atoms with Crippen molar-refractivity contribution < 1.29 is 14.0 Å². The number of nitrogens with one attached hydrogen (secondary N) is 2. The van der Waals surface area contributed by atoms with Crippen LogP contribution < -0.4 is 10.6 Å². The minimum atomic E-state index is -0.591. The average molecular weight is 373 g/mol. The zero-order valence-electron chi connectivity index (χ0n) is 13.7. The number of fused-ring (bicyclic) bond motifs is 1. The maximum Gasteiger partial charge on any atom is 0.248 e. The fourth-order valence-electron chi connectivity index (χ4n) is 2.36. The first-order chi connectivity index (χ1) is 12.4. The molecule has 1 aromatic carbocycles. The summed E-state index contributed by atoms with van der Waals surface area (Å²) in [6.07, 6.45) is 4.62. The normalized spacial score (nSPS) is 11.0. The number of rotatable bonds is 4. The fourth-order valence-corrected chi connectivity index (χ4v) is 2.60. The van der Waals surface area contributed by atoms with Gasteiger partial charge in [-0.15, -0.1) is 0 Å². The highest BCUT2D eigenvalue weighted by Gasteiger charge is 2.09. The Morgan fingerprint density at radius 1 is 1.23 bits per heavy atom. The van der Waals surface area contributed by atoms with Gasteiger partial charge in [0.2, 0.25) is 11.8 Å². The number of halogens is 2. The van der Waals surface area contributed by atoms with Gasteiger partial charge in [0.1, 0.15) is 11.5 Å². The van der Waals surface area contributed by atoms with E-state index < -0.39 is 17.6 Å². The van der Waals surface area contributed by atoms with Gasteiger partial charge < -0.3 is 10.6 Å². The second kappa shape index (κ2) is 7.37. The molecule has 0 saturated heterocycles. The molecular weight excluding hydrogens is 359 g/mol. The summed E-state index contributed by atoms with van der Waals surface area (Å²) in [5, 5.41) is 5.23. The van der Waals surface area contributed by atoms with Crippen LogP contribution in [0.1, 0.15) is 12.6 Å². The molecule has 26 heavy (non-hydrogen) atoms. The Morgan fingerprint density at radius 3 is 2.81 bits per heavy atom. The fraction of sp³-hybridized carbons (Fsp3) is 0.0556. The van der Waals surface area contributed by atoms with E-state index in [1.165, 1.54) is 31.2 Å². The van der Waals surface area contributed by atoms with E-state index in [0.29, 0.717) is 17.0 Å². The second-order valence-corrected chi connectivity index (χ2v) is 5.77. The lowest BCUT2D eigenvalue weighted by molar-refractivity contribution is -0.114. The topological polar surface area (TPSA) is 75.5 Å². The lowest BCUT2D eigenvalue weighted by atomic mass is 10.2. The highest BCUT2D eigenvalue weighted by Crippen LogP contribution is 2.21. The van der Waals surface area contributed by atoms with Crippen LogP contribution in [0.4, 0.5) is 15.8 Å². The van der Waals surface area contributed by atoms with E-state index >= 15 is 0 Å². The Kier molecular flexibility index (Phi) is 4.99. The SMILES string of the molecule is CC(=O)Nc1cc(NC(=O)/C=C/c2c(Cl)nc3ccccn23)ccc1F.